The Morgan fingerprint density at radius 2 is 1.90 bits per heavy atom. The van der Waals surface area contributed by atoms with Crippen LogP contribution in [0.4, 0.5) is 0 Å². The number of rotatable bonds is 2. The van der Waals surface area contributed by atoms with Crippen LogP contribution in [0.5, 0.6) is 5.75 Å². The monoisotopic (exact) mass is 266 g/mol. The molecule has 0 N–H and O–H groups in total. The van der Waals surface area contributed by atoms with Crippen molar-refractivity contribution < 1.29 is 14.3 Å². The Kier molecular flexibility index (Phi) is 2.30. The first-order valence-electron chi connectivity index (χ1n) is 6.69. The van der Waals surface area contributed by atoms with Gasteiger partial charge in [-0.25, -0.2) is 0 Å². The van der Waals surface area contributed by atoms with Crippen molar-refractivity contribution in [2.45, 2.75) is 18.1 Å². The number of benzene rings is 2. The normalized spacial score (nSPS) is 26.6. The second-order valence-electron chi connectivity index (χ2n) is 5.32. The molecule has 1 aliphatic carbocycles. The molecular weight excluding hydrogens is 252 g/mol. The van der Waals surface area contributed by atoms with Crippen LogP contribution in [-0.4, -0.2) is 18.5 Å². The summed E-state index contributed by atoms with van der Waals surface area (Å²) in [5.74, 6) is 0.929. The average molecular weight is 266 g/mol. The minimum absolute atomic E-state index is 0.119. The molecular formula is C17H14O3. The number of ketones is 1. The third-order valence-corrected chi connectivity index (χ3v) is 4.21. The van der Waals surface area contributed by atoms with Crippen molar-refractivity contribution in [1.82, 2.24) is 0 Å². The lowest BCUT2D eigenvalue weighted by Gasteiger charge is -2.03. The Hall–Kier alpha value is -2.13. The molecule has 0 bridgehead atoms. The first-order chi connectivity index (χ1) is 9.74. The number of Topliss-reactive ketones (excluding diaryl/α,β-unsaturated/α-hetero) is 1. The third kappa shape index (κ3) is 1.47. The number of fused-ring (bicyclic) bond motifs is 1. The summed E-state index contributed by atoms with van der Waals surface area (Å²) < 4.78 is 11.0. The van der Waals surface area contributed by atoms with E-state index in [1.807, 2.05) is 48.5 Å². The second kappa shape index (κ2) is 3.93. The van der Waals surface area contributed by atoms with Gasteiger partial charge in [-0.05, 0) is 23.3 Å². The van der Waals surface area contributed by atoms with Crippen LogP contribution in [0.25, 0.3) is 0 Å². The maximum atomic E-state index is 12.5. The van der Waals surface area contributed by atoms with Crippen LogP contribution >= 0.6 is 0 Å². The summed E-state index contributed by atoms with van der Waals surface area (Å²) in [4.78, 5) is 12.5. The number of ether oxygens (including phenoxy) is 2. The number of carbonyl (C=O) groups is 1. The highest BCUT2D eigenvalue weighted by molar-refractivity contribution is 6.09. The van der Waals surface area contributed by atoms with Crippen LogP contribution in [0, 0.1) is 0 Å². The lowest BCUT2D eigenvalue weighted by molar-refractivity contribution is 0.0894. The highest BCUT2D eigenvalue weighted by Crippen LogP contribution is 2.56. The molecule has 0 saturated carbocycles. The summed E-state index contributed by atoms with van der Waals surface area (Å²) in [6, 6.07) is 15.5. The van der Waals surface area contributed by atoms with Gasteiger partial charge in [-0.3, -0.25) is 4.79 Å². The number of hydrogen-bond donors (Lipinski definition) is 0. The van der Waals surface area contributed by atoms with E-state index in [0.29, 0.717) is 6.42 Å². The molecule has 1 spiro atoms. The molecule has 20 heavy (non-hydrogen) atoms. The van der Waals surface area contributed by atoms with E-state index in [2.05, 4.69) is 0 Å². The number of carbonyl (C=O) groups excluding carboxylic acids is 1. The number of methoxy groups -OCH3 is 1. The molecule has 100 valence electrons. The SMILES string of the molecule is COc1ccc([C@@H]2O[C@@]23Cc2ccccc2C3=O)cc1. The van der Waals surface area contributed by atoms with Gasteiger partial charge in [0.1, 0.15) is 11.9 Å². The Morgan fingerprint density at radius 3 is 2.60 bits per heavy atom. The van der Waals surface area contributed by atoms with Crippen LogP contribution in [0.3, 0.4) is 0 Å². The van der Waals surface area contributed by atoms with Crippen molar-refractivity contribution in [3.05, 3.63) is 65.2 Å². The molecule has 0 aromatic heterocycles. The summed E-state index contributed by atoms with van der Waals surface area (Å²) >= 11 is 0. The smallest absolute Gasteiger partial charge is 0.198 e. The zero-order chi connectivity index (χ0) is 13.7. The van der Waals surface area contributed by atoms with Gasteiger partial charge in [-0.2, -0.15) is 0 Å². The van der Waals surface area contributed by atoms with E-state index in [0.717, 1.165) is 22.4 Å². The fraction of sp³-hybridized carbons (Fsp3) is 0.235. The molecule has 2 atom stereocenters. The van der Waals surface area contributed by atoms with Gasteiger partial charge in [0.25, 0.3) is 0 Å². The van der Waals surface area contributed by atoms with Gasteiger partial charge >= 0.3 is 0 Å². The molecule has 0 amide bonds. The number of epoxide rings is 1. The van der Waals surface area contributed by atoms with Crippen LogP contribution in [0.1, 0.15) is 27.6 Å². The Bertz CT molecular complexity index is 690. The maximum absolute atomic E-state index is 12.5. The molecule has 1 heterocycles. The van der Waals surface area contributed by atoms with E-state index < -0.39 is 5.60 Å². The van der Waals surface area contributed by atoms with Crippen LogP contribution < -0.4 is 4.74 Å². The first-order valence-corrected chi connectivity index (χ1v) is 6.69. The van der Waals surface area contributed by atoms with Crippen molar-refractivity contribution in [3.8, 4) is 5.75 Å². The fourth-order valence-corrected chi connectivity index (χ4v) is 3.09. The Morgan fingerprint density at radius 1 is 1.15 bits per heavy atom. The predicted molar refractivity (Wildman–Crippen MR) is 74.0 cm³/mol. The first kappa shape index (κ1) is 11.7. The zero-order valence-corrected chi connectivity index (χ0v) is 11.1. The largest absolute Gasteiger partial charge is 0.497 e. The highest BCUT2D eigenvalue weighted by atomic mass is 16.6. The summed E-state index contributed by atoms with van der Waals surface area (Å²) in [6.45, 7) is 0. The quantitative estimate of drug-likeness (QED) is 0.784. The molecule has 2 aliphatic rings. The van der Waals surface area contributed by atoms with Gasteiger partial charge in [-0.1, -0.05) is 36.4 Å². The Labute approximate surface area is 117 Å². The molecule has 1 fully saturated rings. The van der Waals surface area contributed by atoms with Crippen molar-refractivity contribution in [1.29, 1.82) is 0 Å². The molecule has 4 rings (SSSR count). The average Bonchev–Trinajstić information content (AvgIpc) is 3.15. The molecule has 1 saturated heterocycles. The van der Waals surface area contributed by atoms with Gasteiger partial charge < -0.3 is 9.47 Å². The molecule has 0 unspecified atom stereocenters. The van der Waals surface area contributed by atoms with Crippen molar-refractivity contribution >= 4 is 5.78 Å². The second-order valence-corrected chi connectivity index (χ2v) is 5.32. The molecule has 3 heteroatoms. The summed E-state index contributed by atoms with van der Waals surface area (Å²) in [5.41, 5.74) is 2.28. The van der Waals surface area contributed by atoms with E-state index in [1.54, 1.807) is 7.11 Å². The predicted octanol–water partition coefficient (Wildman–Crippen LogP) is 2.94. The van der Waals surface area contributed by atoms with Crippen LogP contribution in [0.15, 0.2) is 48.5 Å². The fourth-order valence-electron chi connectivity index (χ4n) is 3.09. The van der Waals surface area contributed by atoms with Crippen molar-refractivity contribution in [3.63, 3.8) is 0 Å². The molecule has 1 aliphatic heterocycles. The number of hydrogen-bond acceptors (Lipinski definition) is 3. The summed E-state index contributed by atoms with van der Waals surface area (Å²) in [6.07, 6.45) is 0.548. The summed E-state index contributed by atoms with van der Waals surface area (Å²) in [7, 11) is 1.64. The van der Waals surface area contributed by atoms with Gasteiger partial charge in [0, 0.05) is 12.0 Å². The van der Waals surface area contributed by atoms with E-state index >= 15 is 0 Å². The lowest BCUT2D eigenvalue weighted by atomic mass is 9.95. The topological polar surface area (TPSA) is 38.8 Å². The minimum atomic E-state index is -0.654. The molecule has 0 radical (unpaired) electrons. The molecule has 2 aromatic carbocycles. The third-order valence-electron chi connectivity index (χ3n) is 4.21. The van der Waals surface area contributed by atoms with E-state index in [9.17, 15) is 4.79 Å². The van der Waals surface area contributed by atoms with E-state index in [1.165, 1.54) is 0 Å². The van der Waals surface area contributed by atoms with Crippen LogP contribution in [-0.2, 0) is 11.2 Å². The standard InChI is InChI=1S/C17H14O3/c1-19-13-8-6-11(7-9-13)16-17(20-16)10-12-4-2-3-5-14(12)15(17)18/h2-9,16H,10H2,1H3/t16-,17+/m0/s1. The Balaban J connectivity index is 1.65. The molecule has 3 nitrogen and oxygen atoms in total. The van der Waals surface area contributed by atoms with E-state index in [-0.39, 0.29) is 11.9 Å². The van der Waals surface area contributed by atoms with Gasteiger partial charge in [0.15, 0.2) is 11.4 Å². The van der Waals surface area contributed by atoms with Crippen molar-refractivity contribution in [2.24, 2.45) is 0 Å². The molecule has 2 aromatic rings. The lowest BCUT2D eigenvalue weighted by Crippen LogP contribution is -2.20. The van der Waals surface area contributed by atoms with Crippen molar-refractivity contribution in [2.75, 3.05) is 7.11 Å². The highest BCUT2D eigenvalue weighted by Gasteiger charge is 2.65. The van der Waals surface area contributed by atoms with E-state index in [4.69, 9.17) is 9.47 Å². The zero-order valence-electron chi connectivity index (χ0n) is 11.1. The van der Waals surface area contributed by atoms with Crippen LogP contribution in [0.2, 0.25) is 0 Å². The van der Waals surface area contributed by atoms with Gasteiger partial charge in [-0.15, -0.1) is 0 Å². The van der Waals surface area contributed by atoms with Gasteiger partial charge in [0.2, 0.25) is 0 Å². The summed E-state index contributed by atoms with van der Waals surface area (Å²) in [5, 5.41) is 0. The minimum Gasteiger partial charge on any atom is -0.497 e. The van der Waals surface area contributed by atoms with Gasteiger partial charge in [0.05, 0.1) is 7.11 Å². The maximum Gasteiger partial charge on any atom is 0.198 e.